The van der Waals surface area contributed by atoms with Gasteiger partial charge in [0.2, 0.25) is 0 Å². The molecular weight excluding hydrogens is 425 g/mol. The van der Waals surface area contributed by atoms with Crippen molar-refractivity contribution < 1.29 is 14.0 Å². The first-order valence-corrected chi connectivity index (χ1v) is 11.1. The molecule has 2 N–H and O–H groups in total. The lowest BCUT2D eigenvalue weighted by atomic mass is 9.97. The minimum atomic E-state index is -0.426. The van der Waals surface area contributed by atoms with Crippen molar-refractivity contribution in [2.45, 2.75) is 26.3 Å². The quantitative estimate of drug-likeness (QED) is 0.623. The Kier molecular flexibility index (Phi) is 6.67. The van der Waals surface area contributed by atoms with Gasteiger partial charge >= 0.3 is 6.03 Å². The minimum Gasteiger partial charge on any atom is -0.338 e. The van der Waals surface area contributed by atoms with Crippen molar-refractivity contribution >= 4 is 28.4 Å². The Bertz CT molecular complexity index is 1240. The van der Waals surface area contributed by atoms with Crippen LogP contribution in [0.15, 0.2) is 53.3 Å². The number of hydrogen-bond donors (Lipinski definition) is 2. The van der Waals surface area contributed by atoms with Crippen molar-refractivity contribution in [2.24, 2.45) is 5.92 Å². The normalized spacial score (nSPS) is 15.9. The number of piperidine rings is 1. The van der Waals surface area contributed by atoms with Crippen molar-refractivity contribution in [1.82, 2.24) is 20.0 Å². The van der Waals surface area contributed by atoms with E-state index in [1.807, 2.05) is 6.92 Å². The molecule has 8 nitrogen and oxygen atoms in total. The summed E-state index contributed by atoms with van der Waals surface area (Å²) >= 11 is 0. The largest absolute Gasteiger partial charge is 0.338 e. The third-order valence-corrected chi connectivity index (χ3v) is 5.81. The summed E-state index contributed by atoms with van der Waals surface area (Å²) in [5.74, 6) is -0.573. The Morgan fingerprint density at radius 2 is 1.94 bits per heavy atom. The molecule has 1 fully saturated rings. The van der Waals surface area contributed by atoms with Crippen LogP contribution in [0.25, 0.3) is 10.8 Å². The minimum absolute atomic E-state index is 0.0734. The second-order valence-electron chi connectivity index (χ2n) is 8.12. The molecule has 1 atom stereocenters. The number of nitrogens with zero attached hydrogens (tertiary/aromatic N) is 3. The number of carbonyl (C=O) groups excluding carboxylic acids is 2. The molecule has 1 unspecified atom stereocenters. The molecule has 33 heavy (non-hydrogen) atoms. The van der Waals surface area contributed by atoms with Crippen LogP contribution < -0.4 is 16.2 Å². The predicted molar refractivity (Wildman–Crippen MR) is 124 cm³/mol. The zero-order valence-corrected chi connectivity index (χ0v) is 18.4. The van der Waals surface area contributed by atoms with Gasteiger partial charge in [-0.25, -0.2) is 13.9 Å². The van der Waals surface area contributed by atoms with Crippen molar-refractivity contribution in [1.29, 1.82) is 0 Å². The van der Waals surface area contributed by atoms with Gasteiger partial charge in [-0.1, -0.05) is 24.3 Å². The standard InChI is InChI=1S/C24H26FN5O3/c1-2-30-22(31)20-11-4-3-10-19(20)21(28-30)23(32)29-12-6-7-16(15-29)14-26-24(33)27-18-9-5-8-17(25)13-18/h3-5,8-11,13,16H,2,6-7,12,14-15H2,1H3,(H2,26,27,33). The number of fused-ring (bicyclic) bond motifs is 1. The highest BCUT2D eigenvalue weighted by Gasteiger charge is 2.27. The number of carbonyl (C=O) groups is 2. The first-order chi connectivity index (χ1) is 16.0. The molecule has 4 rings (SSSR count). The Morgan fingerprint density at radius 3 is 2.70 bits per heavy atom. The van der Waals surface area contributed by atoms with Gasteiger partial charge in [0.25, 0.3) is 11.5 Å². The maximum absolute atomic E-state index is 13.4. The zero-order chi connectivity index (χ0) is 23.4. The van der Waals surface area contributed by atoms with Gasteiger partial charge in [0.1, 0.15) is 5.82 Å². The lowest BCUT2D eigenvalue weighted by molar-refractivity contribution is 0.0668. The van der Waals surface area contributed by atoms with E-state index in [0.717, 1.165) is 12.8 Å². The molecule has 0 spiro atoms. The van der Waals surface area contributed by atoms with E-state index in [1.165, 1.54) is 22.9 Å². The number of rotatable bonds is 5. The van der Waals surface area contributed by atoms with Gasteiger partial charge in [0.05, 0.1) is 5.39 Å². The van der Waals surface area contributed by atoms with E-state index < -0.39 is 11.8 Å². The fourth-order valence-electron chi connectivity index (χ4n) is 4.15. The molecule has 2 aromatic carbocycles. The summed E-state index contributed by atoms with van der Waals surface area (Å²) < 4.78 is 14.6. The molecule has 0 aliphatic carbocycles. The number of likely N-dealkylation sites (tertiary alicyclic amines) is 1. The third-order valence-electron chi connectivity index (χ3n) is 5.81. The van der Waals surface area contributed by atoms with E-state index in [4.69, 9.17) is 0 Å². The molecule has 9 heteroatoms. The number of urea groups is 1. The Labute approximate surface area is 190 Å². The third kappa shape index (κ3) is 5.02. The molecule has 1 saturated heterocycles. The summed E-state index contributed by atoms with van der Waals surface area (Å²) in [7, 11) is 0. The van der Waals surface area contributed by atoms with Crippen molar-refractivity contribution in [3.8, 4) is 0 Å². The van der Waals surface area contributed by atoms with Crippen LogP contribution in [-0.4, -0.2) is 46.3 Å². The van der Waals surface area contributed by atoms with E-state index in [0.29, 0.717) is 42.6 Å². The second kappa shape index (κ2) is 9.81. The molecule has 172 valence electrons. The van der Waals surface area contributed by atoms with Gasteiger partial charge in [-0.15, -0.1) is 0 Å². The van der Waals surface area contributed by atoms with E-state index in [2.05, 4.69) is 15.7 Å². The first-order valence-electron chi connectivity index (χ1n) is 11.1. The van der Waals surface area contributed by atoms with E-state index in [9.17, 15) is 18.8 Å². The molecule has 0 radical (unpaired) electrons. The number of aryl methyl sites for hydroxylation is 1. The average molecular weight is 452 g/mol. The van der Waals surface area contributed by atoms with E-state index in [1.54, 1.807) is 35.2 Å². The SMILES string of the molecule is CCn1nc(C(=O)N2CCCC(CNC(=O)Nc3cccc(F)c3)C2)c2ccccc2c1=O. The highest BCUT2D eigenvalue weighted by molar-refractivity contribution is 6.04. The number of halogens is 1. The number of nitrogens with one attached hydrogen (secondary N) is 2. The number of benzene rings is 2. The monoisotopic (exact) mass is 451 g/mol. The summed E-state index contributed by atoms with van der Waals surface area (Å²) in [6, 6.07) is 12.3. The number of amides is 3. The number of aromatic nitrogens is 2. The van der Waals surface area contributed by atoms with Gasteiger partial charge < -0.3 is 15.5 Å². The summed E-state index contributed by atoms with van der Waals surface area (Å²) in [4.78, 5) is 39.9. The maximum atomic E-state index is 13.4. The molecule has 0 bridgehead atoms. The zero-order valence-electron chi connectivity index (χ0n) is 18.4. The highest BCUT2D eigenvalue weighted by Crippen LogP contribution is 2.21. The topological polar surface area (TPSA) is 96.3 Å². The molecule has 1 aromatic heterocycles. The highest BCUT2D eigenvalue weighted by atomic mass is 19.1. The Balaban J connectivity index is 1.43. The number of anilines is 1. The van der Waals surface area contributed by atoms with Crippen LogP contribution in [0, 0.1) is 11.7 Å². The predicted octanol–water partition coefficient (Wildman–Crippen LogP) is 3.23. The van der Waals surface area contributed by atoms with Gasteiger partial charge in [-0.3, -0.25) is 9.59 Å². The molecule has 1 aliphatic rings. The molecular formula is C24H26FN5O3. The lowest BCUT2D eigenvalue weighted by Gasteiger charge is -2.33. The van der Waals surface area contributed by atoms with Crippen LogP contribution in [0.2, 0.25) is 0 Å². The van der Waals surface area contributed by atoms with Crippen molar-refractivity contribution in [3.63, 3.8) is 0 Å². The first kappa shape index (κ1) is 22.4. The van der Waals surface area contributed by atoms with Crippen LogP contribution in [-0.2, 0) is 6.54 Å². The average Bonchev–Trinajstić information content (AvgIpc) is 2.83. The van der Waals surface area contributed by atoms with Gasteiger partial charge in [-0.2, -0.15) is 5.10 Å². The smallest absolute Gasteiger partial charge is 0.319 e. The summed E-state index contributed by atoms with van der Waals surface area (Å²) in [5, 5.41) is 10.8. The summed E-state index contributed by atoms with van der Waals surface area (Å²) in [5.41, 5.74) is 0.427. The Morgan fingerprint density at radius 1 is 1.15 bits per heavy atom. The van der Waals surface area contributed by atoms with Crippen LogP contribution in [0.5, 0.6) is 0 Å². The van der Waals surface area contributed by atoms with Crippen molar-refractivity contribution in [2.75, 3.05) is 25.0 Å². The lowest BCUT2D eigenvalue weighted by Crippen LogP contribution is -2.45. The summed E-state index contributed by atoms with van der Waals surface area (Å²) in [6.45, 7) is 3.63. The number of hydrogen-bond acceptors (Lipinski definition) is 4. The van der Waals surface area contributed by atoms with E-state index >= 15 is 0 Å². The van der Waals surface area contributed by atoms with Gasteiger partial charge in [-0.05, 0) is 49.9 Å². The maximum Gasteiger partial charge on any atom is 0.319 e. The summed E-state index contributed by atoms with van der Waals surface area (Å²) in [6.07, 6.45) is 1.67. The van der Waals surface area contributed by atoms with Crippen LogP contribution in [0.4, 0.5) is 14.9 Å². The second-order valence-corrected chi connectivity index (χ2v) is 8.12. The van der Waals surface area contributed by atoms with Crippen LogP contribution in [0.3, 0.4) is 0 Å². The fourth-order valence-corrected chi connectivity index (χ4v) is 4.15. The molecule has 3 aromatic rings. The molecule has 1 aliphatic heterocycles. The van der Waals surface area contributed by atoms with Crippen molar-refractivity contribution in [3.05, 3.63) is 70.4 Å². The van der Waals surface area contributed by atoms with Gasteiger partial charge in [0.15, 0.2) is 5.69 Å². The van der Waals surface area contributed by atoms with Crippen LogP contribution >= 0.6 is 0 Å². The molecule has 3 amide bonds. The molecule has 2 heterocycles. The Hall–Kier alpha value is -3.75. The molecule has 0 saturated carbocycles. The van der Waals surface area contributed by atoms with Gasteiger partial charge in [0, 0.05) is 37.3 Å². The van der Waals surface area contributed by atoms with Crippen LogP contribution in [0.1, 0.15) is 30.3 Å². The fraction of sp³-hybridized carbons (Fsp3) is 0.333. The van der Waals surface area contributed by atoms with E-state index in [-0.39, 0.29) is 23.1 Å².